The quantitative estimate of drug-likeness (QED) is 0.817. The van der Waals surface area contributed by atoms with Crippen LogP contribution < -0.4 is 10.0 Å². The zero-order valence-electron chi connectivity index (χ0n) is 12.1. The van der Waals surface area contributed by atoms with Crippen molar-refractivity contribution in [2.24, 2.45) is 0 Å². The molecule has 0 spiro atoms. The fourth-order valence-corrected chi connectivity index (χ4v) is 3.59. The molecule has 0 amide bonds. The van der Waals surface area contributed by atoms with Crippen molar-refractivity contribution in [1.82, 2.24) is 15.0 Å². The zero-order valence-corrected chi connectivity index (χ0v) is 13.7. The number of rotatable bonds is 7. The summed E-state index contributed by atoms with van der Waals surface area (Å²) in [6.07, 6.45) is 1.74. The molecule has 0 aliphatic heterocycles. The number of aromatic nitrogens is 1. The van der Waals surface area contributed by atoms with E-state index in [-0.39, 0.29) is 11.4 Å². The lowest BCUT2D eigenvalue weighted by Gasteiger charge is -2.07. The number of nitrogens with zero attached hydrogens (tertiary/aromatic N) is 1. The van der Waals surface area contributed by atoms with Crippen LogP contribution in [0.4, 0.5) is 0 Å². The zero-order chi connectivity index (χ0) is 15.3. The molecule has 0 atom stereocenters. The second-order valence-electron chi connectivity index (χ2n) is 4.61. The number of thiazole rings is 1. The molecule has 0 radical (unpaired) electrons. The molecule has 0 saturated heterocycles. The molecule has 1 aromatic heterocycles. The molecule has 1 heterocycles. The van der Waals surface area contributed by atoms with Gasteiger partial charge in [-0.05, 0) is 31.2 Å². The average Bonchev–Trinajstić information content (AvgIpc) is 2.89. The molecule has 1 aromatic carbocycles. The Morgan fingerprint density at radius 2 is 1.90 bits per heavy atom. The van der Waals surface area contributed by atoms with Crippen molar-refractivity contribution < 1.29 is 8.42 Å². The van der Waals surface area contributed by atoms with Crippen LogP contribution in [0.15, 0.2) is 35.4 Å². The molecule has 0 unspecified atom stereocenters. The van der Waals surface area contributed by atoms with Gasteiger partial charge in [0.1, 0.15) is 5.01 Å². The summed E-state index contributed by atoms with van der Waals surface area (Å²) >= 11 is 1.49. The van der Waals surface area contributed by atoms with Crippen LogP contribution in [-0.4, -0.2) is 19.9 Å². The molecule has 2 aromatic rings. The maximum atomic E-state index is 12.2. The second-order valence-corrected chi connectivity index (χ2v) is 7.70. The van der Waals surface area contributed by atoms with E-state index >= 15 is 0 Å². The molecule has 0 fully saturated rings. The summed E-state index contributed by atoms with van der Waals surface area (Å²) < 4.78 is 26.9. The fraction of sp³-hybridized carbons (Fsp3) is 0.357. The van der Waals surface area contributed by atoms with Gasteiger partial charge in [-0.3, -0.25) is 0 Å². The Labute approximate surface area is 129 Å². The number of hydrogen-bond acceptors (Lipinski definition) is 5. The first-order valence-electron chi connectivity index (χ1n) is 6.72. The summed E-state index contributed by atoms with van der Waals surface area (Å²) in [5.41, 5.74) is 1.06. The lowest BCUT2D eigenvalue weighted by Crippen LogP contribution is -2.23. The highest BCUT2D eigenvalue weighted by Gasteiger charge is 2.14. The highest BCUT2D eigenvalue weighted by molar-refractivity contribution is 7.89. The third-order valence-corrected chi connectivity index (χ3v) is 5.23. The van der Waals surface area contributed by atoms with Gasteiger partial charge in [-0.2, -0.15) is 0 Å². The van der Waals surface area contributed by atoms with Gasteiger partial charge in [-0.15, -0.1) is 11.3 Å². The van der Waals surface area contributed by atoms with Gasteiger partial charge in [0.05, 0.1) is 11.4 Å². The van der Waals surface area contributed by atoms with Gasteiger partial charge in [0.2, 0.25) is 10.0 Å². The molecule has 2 rings (SSSR count). The van der Waals surface area contributed by atoms with Crippen LogP contribution in [0.1, 0.15) is 22.4 Å². The standard InChI is InChI=1S/C14H19N3O2S2/c1-3-15-9-12-4-6-13(7-5-12)21(18,19)17-10-14-16-8-11(2)20-14/h4-8,15,17H,3,9-10H2,1-2H3. The van der Waals surface area contributed by atoms with Gasteiger partial charge in [0, 0.05) is 17.6 Å². The van der Waals surface area contributed by atoms with Crippen molar-refractivity contribution >= 4 is 21.4 Å². The topological polar surface area (TPSA) is 71.1 Å². The summed E-state index contributed by atoms with van der Waals surface area (Å²) in [7, 11) is -3.49. The molecule has 0 aliphatic carbocycles. The van der Waals surface area contributed by atoms with E-state index in [0.29, 0.717) is 0 Å². The maximum absolute atomic E-state index is 12.2. The smallest absolute Gasteiger partial charge is 0.240 e. The largest absolute Gasteiger partial charge is 0.313 e. The number of benzene rings is 1. The van der Waals surface area contributed by atoms with E-state index in [1.54, 1.807) is 18.3 Å². The van der Waals surface area contributed by atoms with Crippen molar-refractivity contribution in [1.29, 1.82) is 0 Å². The third-order valence-electron chi connectivity index (χ3n) is 2.90. The molecule has 2 N–H and O–H groups in total. The Morgan fingerprint density at radius 3 is 2.48 bits per heavy atom. The number of aryl methyl sites for hydroxylation is 1. The lowest BCUT2D eigenvalue weighted by atomic mass is 10.2. The summed E-state index contributed by atoms with van der Waals surface area (Å²) in [6.45, 7) is 5.82. The number of sulfonamides is 1. The van der Waals surface area contributed by atoms with Crippen LogP contribution in [-0.2, 0) is 23.1 Å². The van der Waals surface area contributed by atoms with E-state index < -0.39 is 10.0 Å². The Balaban J connectivity index is 2.01. The SMILES string of the molecule is CCNCc1ccc(S(=O)(=O)NCc2ncc(C)s2)cc1. The van der Waals surface area contributed by atoms with E-state index in [1.165, 1.54) is 11.3 Å². The second kappa shape index (κ2) is 7.13. The summed E-state index contributed by atoms with van der Waals surface area (Å²) in [5.74, 6) is 0. The molecule has 7 heteroatoms. The van der Waals surface area contributed by atoms with Gasteiger partial charge in [-0.25, -0.2) is 18.1 Å². The van der Waals surface area contributed by atoms with Crippen LogP contribution in [0.25, 0.3) is 0 Å². The Hall–Kier alpha value is -1.28. The minimum atomic E-state index is -3.49. The van der Waals surface area contributed by atoms with Gasteiger partial charge in [0.15, 0.2) is 0 Å². The van der Waals surface area contributed by atoms with E-state index in [4.69, 9.17) is 0 Å². The van der Waals surface area contributed by atoms with Crippen LogP contribution in [0.2, 0.25) is 0 Å². The monoisotopic (exact) mass is 325 g/mol. The molecule has 0 aliphatic rings. The minimum Gasteiger partial charge on any atom is -0.313 e. The molecule has 0 bridgehead atoms. The Bertz CT molecular complexity index is 678. The normalized spacial score (nSPS) is 11.7. The van der Waals surface area contributed by atoms with Crippen molar-refractivity contribution in [3.8, 4) is 0 Å². The van der Waals surface area contributed by atoms with Gasteiger partial charge in [0.25, 0.3) is 0 Å². The van der Waals surface area contributed by atoms with Crippen molar-refractivity contribution in [2.45, 2.75) is 31.8 Å². The Kier molecular flexibility index (Phi) is 5.46. The predicted octanol–water partition coefficient (Wildman–Crippen LogP) is 2.04. The van der Waals surface area contributed by atoms with E-state index in [0.717, 1.165) is 28.5 Å². The first-order chi connectivity index (χ1) is 10.0. The first kappa shape index (κ1) is 16.1. The summed E-state index contributed by atoms with van der Waals surface area (Å²) in [5, 5.41) is 3.96. The maximum Gasteiger partial charge on any atom is 0.240 e. The molecule has 5 nitrogen and oxygen atoms in total. The average molecular weight is 325 g/mol. The number of hydrogen-bond donors (Lipinski definition) is 2. The van der Waals surface area contributed by atoms with E-state index in [1.807, 2.05) is 26.0 Å². The van der Waals surface area contributed by atoms with Gasteiger partial charge >= 0.3 is 0 Å². The first-order valence-corrected chi connectivity index (χ1v) is 9.02. The molecule has 21 heavy (non-hydrogen) atoms. The van der Waals surface area contributed by atoms with Crippen LogP contribution >= 0.6 is 11.3 Å². The molecular weight excluding hydrogens is 306 g/mol. The third kappa shape index (κ3) is 4.60. The van der Waals surface area contributed by atoms with E-state index in [2.05, 4.69) is 15.0 Å². The van der Waals surface area contributed by atoms with E-state index in [9.17, 15) is 8.42 Å². The van der Waals surface area contributed by atoms with Crippen molar-refractivity contribution in [2.75, 3.05) is 6.54 Å². The van der Waals surface area contributed by atoms with Crippen molar-refractivity contribution in [3.63, 3.8) is 0 Å². The highest BCUT2D eigenvalue weighted by atomic mass is 32.2. The van der Waals surface area contributed by atoms with Crippen molar-refractivity contribution in [3.05, 3.63) is 45.9 Å². The molecule has 114 valence electrons. The number of nitrogens with one attached hydrogen (secondary N) is 2. The molecular formula is C14H19N3O2S2. The minimum absolute atomic E-state index is 0.222. The van der Waals surface area contributed by atoms with Gasteiger partial charge in [-0.1, -0.05) is 19.1 Å². The van der Waals surface area contributed by atoms with Crippen LogP contribution in [0.5, 0.6) is 0 Å². The van der Waals surface area contributed by atoms with Crippen LogP contribution in [0, 0.1) is 6.92 Å². The Morgan fingerprint density at radius 1 is 1.19 bits per heavy atom. The molecule has 0 saturated carbocycles. The highest BCUT2D eigenvalue weighted by Crippen LogP contribution is 2.14. The summed E-state index contributed by atoms with van der Waals surface area (Å²) in [4.78, 5) is 5.48. The lowest BCUT2D eigenvalue weighted by molar-refractivity contribution is 0.581. The predicted molar refractivity (Wildman–Crippen MR) is 84.7 cm³/mol. The summed E-state index contributed by atoms with van der Waals surface area (Å²) in [6, 6.07) is 6.90. The van der Waals surface area contributed by atoms with Crippen LogP contribution in [0.3, 0.4) is 0 Å². The fourth-order valence-electron chi connectivity index (χ4n) is 1.78. The van der Waals surface area contributed by atoms with Gasteiger partial charge < -0.3 is 5.32 Å².